The number of rotatable bonds is 32. The van der Waals surface area contributed by atoms with Crippen molar-refractivity contribution in [3.05, 3.63) is 12.2 Å². The van der Waals surface area contributed by atoms with Gasteiger partial charge in [0.05, 0.1) is 22.1 Å². The molecule has 0 aliphatic carbocycles. The Morgan fingerprint density at radius 2 is 1.00 bits per heavy atom. The Morgan fingerprint density at radius 1 is 0.590 bits per heavy atom. The first-order valence-electron chi connectivity index (χ1n) is 21.9. The van der Waals surface area contributed by atoms with Gasteiger partial charge in [0.2, 0.25) is 11.8 Å². The minimum atomic E-state index is -3.82. The van der Waals surface area contributed by atoms with E-state index in [0.717, 1.165) is 65.9 Å². The van der Waals surface area contributed by atoms with E-state index in [1.54, 1.807) is 0 Å². The van der Waals surface area contributed by atoms with Gasteiger partial charge in [0.15, 0.2) is 22.7 Å². The van der Waals surface area contributed by atoms with Crippen LogP contribution in [-0.2, 0) is 43.1 Å². The fourth-order valence-electron chi connectivity index (χ4n) is 8.03. The second kappa shape index (κ2) is 27.1. The zero-order chi connectivity index (χ0) is 46.6. The second-order valence-electron chi connectivity index (χ2n) is 16.9. The lowest BCUT2D eigenvalue weighted by Gasteiger charge is -2.60. The molecule has 1 fully saturated rings. The topological polar surface area (TPSA) is 270 Å². The van der Waals surface area contributed by atoms with E-state index in [9.17, 15) is 64.2 Å². The minimum absolute atomic E-state index is 0.147. The maximum atomic E-state index is 15.3. The van der Waals surface area contributed by atoms with Crippen LogP contribution in [0.1, 0.15) is 163 Å². The number of unbranched alkanes of at least 4 members (excludes halogenated alkanes) is 11. The van der Waals surface area contributed by atoms with Gasteiger partial charge in [-0.1, -0.05) is 83.3 Å². The average molecular weight is 884 g/mol. The van der Waals surface area contributed by atoms with Crippen molar-refractivity contribution in [2.45, 2.75) is 210 Å². The molecule has 6 N–H and O–H groups in total. The molecule has 0 bridgehead atoms. The van der Waals surface area contributed by atoms with Gasteiger partial charge in [0, 0.05) is 51.4 Å². The maximum Gasteiger partial charge on any atom is 0.230 e. The molecule has 61 heavy (non-hydrogen) atoms. The number of ketones is 6. The van der Waals surface area contributed by atoms with Gasteiger partial charge < -0.3 is 54.6 Å². The summed E-state index contributed by atoms with van der Waals surface area (Å²) in [6, 6.07) is 0. The fourth-order valence-corrected chi connectivity index (χ4v) is 9.15. The summed E-state index contributed by atoms with van der Waals surface area (Å²) in [5.41, 5.74) is -7.40. The van der Waals surface area contributed by atoms with Crippen LogP contribution in [0.3, 0.4) is 0 Å². The first-order valence-corrected chi connectivity index (χ1v) is 22.9. The molecule has 1 saturated heterocycles. The van der Waals surface area contributed by atoms with E-state index in [0.29, 0.717) is 6.42 Å². The van der Waals surface area contributed by atoms with Gasteiger partial charge in [-0.3, -0.25) is 24.1 Å². The molecule has 0 aromatic heterocycles. The van der Waals surface area contributed by atoms with E-state index >= 15 is 4.79 Å². The molecule has 0 spiro atoms. The van der Waals surface area contributed by atoms with Gasteiger partial charge in [-0.25, -0.2) is 0 Å². The maximum absolute atomic E-state index is 15.3. The number of Topliss-reactive ketones (excluding diaryl/α,β-unsaturated/α-hetero) is 6. The van der Waals surface area contributed by atoms with Gasteiger partial charge >= 0.3 is 0 Å². The lowest BCUT2D eigenvalue weighted by atomic mass is 9.61. The van der Waals surface area contributed by atoms with Crippen LogP contribution in [0.4, 0.5) is 0 Å². The van der Waals surface area contributed by atoms with Crippen molar-refractivity contribution in [2.24, 2.45) is 0 Å². The summed E-state index contributed by atoms with van der Waals surface area (Å²) < 4.78 is 5.77. The number of allylic oxidation sites excluding steroid dienone is 1. The number of imide groups is 1. The van der Waals surface area contributed by atoms with E-state index in [2.05, 4.69) is 6.92 Å². The molecule has 1 aliphatic heterocycles. The Kier molecular flexibility index (Phi) is 24.8. The van der Waals surface area contributed by atoms with E-state index in [1.807, 2.05) is 0 Å². The van der Waals surface area contributed by atoms with Crippen molar-refractivity contribution in [1.29, 1.82) is 0 Å². The number of hydrogen-bond acceptors (Lipinski definition) is 15. The standard InChI is InChI=1S/C44H73NO15Si/c1-6-7-8-9-10-11-12-13-14-15-16-17-18-27-42(58,61)44(35(52)24-20-30(3)48,45(36(53)25-21-31(4)49)37(54)26-22-32(5)50)43(59,34(51)23-19-29(2)47)41-40(57)39(56)38(55)33(28-46)60-41/h18,27,33,38-41,46,55-59H,6-17,19-26,28H2,1-5,61H3/b27-18+/t33-,38-,39+,40-,41?,42+,43?,44-/m1/s1. The summed E-state index contributed by atoms with van der Waals surface area (Å²) in [4.78, 5) is 109. The normalized spacial score (nSPS) is 22.2. The van der Waals surface area contributed by atoms with E-state index < -0.39 is 162 Å². The zero-order valence-corrected chi connectivity index (χ0v) is 39.2. The predicted octanol–water partition coefficient (Wildman–Crippen LogP) is 1.58. The number of carbonyl (C=O) groups is 8. The molecule has 16 nitrogen and oxygen atoms in total. The number of carbonyl (C=O) groups excluding carboxylic acids is 8. The molecule has 1 rings (SSSR count). The molecule has 348 valence electrons. The van der Waals surface area contributed by atoms with E-state index in [-0.39, 0.29) is 11.3 Å². The molecule has 0 aromatic rings. The molecule has 1 aliphatic rings. The molecular formula is C44H73NO15Si. The average Bonchev–Trinajstić information content (AvgIpc) is 3.19. The molecular weight excluding hydrogens is 811 g/mol. The second-order valence-corrected chi connectivity index (χ2v) is 18.4. The van der Waals surface area contributed by atoms with Crippen molar-refractivity contribution in [2.75, 3.05) is 6.61 Å². The summed E-state index contributed by atoms with van der Waals surface area (Å²) >= 11 is 0. The quantitative estimate of drug-likeness (QED) is 0.0318. The Morgan fingerprint density at radius 3 is 1.43 bits per heavy atom. The first-order chi connectivity index (χ1) is 28.6. The van der Waals surface area contributed by atoms with Crippen LogP contribution in [0, 0.1) is 0 Å². The third-order valence-corrected chi connectivity index (χ3v) is 12.5. The molecule has 2 unspecified atom stereocenters. The SMILES string of the molecule is CCCCCCCCCCCCC/C=C/[C@](O)([SiH3])[C@@](C(=O)CCC(C)=O)(N(C(=O)CCC(C)=O)C(=O)CCC(C)=O)C(O)(C(=O)CCC(C)=O)C1O[C@H](CO)[C@@H](O)[C@H](O)[C@H]1O. The summed E-state index contributed by atoms with van der Waals surface area (Å²) in [6.07, 6.45) is -2.89. The third kappa shape index (κ3) is 15.6. The van der Waals surface area contributed by atoms with Crippen molar-refractivity contribution in [3.8, 4) is 0 Å². The van der Waals surface area contributed by atoms with E-state index in [4.69, 9.17) is 4.74 Å². The number of amides is 2. The highest BCUT2D eigenvalue weighted by Gasteiger charge is 2.76. The Labute approximate surface area is 363 Å². The summed E-state index contributed by atoms with van der Waals surface area (Å²) in [5, 5.41) is 67.0. The minimum Gasteiger partial charge on any atom is -0.394 e. The van der Waals surface area contributed by atoms with Gasteiger partial charge in [0.1, 0.15) is 53.7 Å². The number of ether oxygens (including phenoxy) is 1. The van der Waals surface area contributed by atoms with Crippen LogP contribution in [0.5, 0.6) is 0 Å². The number of aliphatic hydroxyl groups excluding tert-OH is 4. The highest BCUT2D eigenvalue weighted by Crippen LogP contribution is 2.48. The summed E-state index contributed by atoms with van der Waals surface area (Å²) in [7, 11) is -0.699. The Hall–Kier alpha value is -3.16. The number of aliphatic hydroxyl groups is 6. The smallest absolute Gasteiger partial charge is 0.230 e. The molecule has 17 heteroatoms. The van der Waals surface area contributed by atoms with Crippen molar-refractivity contribution < 1.29 is 73.7 Å². The van der Waals surface area contributed by atoms with Crippen LogP contribution >= 0.6 is 0 Å². The van der Waals surface area contributed by atoms with E-state index in [1.165, 1.54) is 38.2 Å². The molecule has 8 atom stereocenters. The Balaban J connectivity index is 4.27. The third-order valence-electron chi connectivity index (χ3n) is 11.5. The lowest BCUT2D eigenvalue weighted by Crippen LogP contribution is -2.87. The van der Waals surface area contributed by atoms with Crippen LogP contribution in [0.2, 0.25) is 0 Å². The Bertz CT molecular complexity index is 1500. The van der Waals surface area contributed by atoms with Crippen LogP contribution in [0.15, 0.2) is 12.2 Å². The monoisotopic (exact) mass is 883 g/mol. The van der Waals surface area contributed by atoms with Crippen molar-refractivity contribution >= 4 is 56.8 Å². The van der Waals surface area contributed by atoms with Gasteiger partial charge in [-0.05, 0) is 40.5 Å². The van der Waals surface area contributed by atoms with Crippen LogP contribution in [0.25, 0.3) is 0 Å². The predicted molar refractivity (Wildman–Crippen MR) is 228 cm³/mol. The van der Waals surface area contributed by atoms with Gasteiger partial charge in [0.25, 0.3) is 0 Å². The summed E-state index contributed by atoms with van der Waals surface area (Å²) in [5.74, 6) is -7.99. The molecule has 2 amide bonds. The number of nitrogens with zero attached hydrogens (tertiary/aromatic N) is 1. The van der Waals surface area contributed by atoms with Crippen molar-refractivity contribution in [3.63, 3.8) is 0 Å². The first kappa shape index (κ1) is 55.9. The zero-order valence-electron chi connectivity index (χ0n) is 37.2. The number of hydrogen-bond donors (Lipinski definition) is 6. The molecule has 1 heterocycles. The molecule has 0 aromatic carbocycles. The van der Waals surface area contributed by atoms with Gasteiger partial charge in [-0.15, -0.1) is 0 Å². The van der Waals surface area contributed by atoms with Crippen LogP contribution < -0.4 is 0 Å². The molecule has 0 radical (unpaired) electrons. The fraction of sp³-hybridized carbons (Fsp3) is 0.773. The highest BCUT2D eigenvalue weighted by molar-refractivity contribution is 6.24. The van der Waals surface area contributed by atoms with Crippen molar-refractivity contribution in [1.82, 2.24) is 4.90 Å². The highest BCUT2D eigenvalue weighted by atomic mass is 28.1. The van der Waals surface area contributed by atoms with Crippen LogP contribution in [-0.4, -0.2) is 146 Å². The summed E-state index contributed by atoms with van der Waals surface area (Å²) in [6.45, 7) is 5.57. The van der Waals surface area contributed by atoms with Gasteiger partial charge in [-0.2, -0.15) is 0 Å². The largest absolute Gasteiger partial charge is 0.394 e. The lowest BCUT2D eigenvalue weighted by molar-refractivity contribution is -0.287. The molecule has 0 saturated carbocycles.